The molecule has 0 aliphatic heterocycles. The second kappa shape index (κ2) is 4.25. The summed E-state index contributed by atoms with van der Waals surface area (Å²) < 4.78 is 49.4. The van der Waals surface area contributed by atoms with Gasteiger partial charge >= 0.3 is 6.18 Å². The van der Waals surface area contributed by atoms with Gasteiger partial charge in [-0.2, -0.15) is 13.2 Å². The Bertz CT molecular complexity index is 473. The Morgan fingerprint density at radius 2 is 1.89 bits per heavy atom. The minimum absolute atomic E-state index is 0.174. The third-order valence-corrected chi connectivity index (χ3v) is 4.08. The Balaban J connectivity index is 2.38. The van der Waals surface area contributed by atoms with Crippen molar-refractivity contribution < 1.29 is 22.7 Å². The highest BCUT2D eigenvalue weighted by Crippen LogP contribution is 2.64. The molecule has 100 valence electrons. The zero-order chi connectivity index (χ0) is 13.7. The number of rotatable bonds is 2. The Morgan fingerprint density at radius 3 is 2.33 bits per heavy atom. The first-order valence-electron chi connectivity index (χ1n) is 5.05. The summed E-state index contributed by atoms with van der Waals surface area (Å²) in [6.45, 7) is -0.337. The number of hydrogen-bond acceptors (Lipinski definition) is 1. The molecular formula is C11H8Cl2F4O. The van der Waals surface area contributed by atoms with Gasteiger partial charge in [-0.25, -0.2) is 4.39 Å². The van der Waals surface area contributed by atoms with E-state index in [1.165, 1.54) is 6.07 Å². The lowest BCUT2D eigenvalue weighted by Crippen LogP contribution is -2.09. The fourth-order valence-corrected chi connectivity index (χ4v) is 2.85. The molecule has 1 saturated carbocycles. The second-order valence-electron chi connectivity index (χ2n) is 4.18. The van der Waals surface area contributed by atoms with Gasteiger partial charge in [0.1, 0.15) is 10.2 Å². The summed E-state index contributed by atoms with van der Waals surface area (Å²) in [6.07, 6.45) is -4.77. The van der Waals surface area contributed by atoms with E-state index >= 15 is 0 Å². The summed E-state index contributed by atoms with van der Waals surface area (Å²) >= 11 is 11.7. The molecule has 7 heteroatoms. The summed E-state index contributed by atoms with van der Waals surface area (Å²) in [4.78, 5) is 0. The van der Waals surface area contributed by atoms with E-state index in [0.717, 1.165) is 6.07 Å². The molecule has 0 amide bonds. The van der Waals surface area contributed by atoms with Crippen LogP contribution in [0.2, 0.25) is 0 Å². The summed E-state index contributed by atoms with van der Waals surface area (Å²) in [7, 11) is 0. The van der Waals surface area contributed by atoms with Crippen LogP contribution in [-0.4, -0.2) is 16.0 Å². The predicted molar refractivity (Wildman–Crippen MR) is 59.2 cm³/mol. The highest BCUT2D eigenvalue weighted by Gasteiger charge is 2.63. The van der Waals surface area contributed by atoms with Crippen LogP contribution >= 0.6 is 23.2 Å². The van der Waals surface area contributed by atoms with Crippen molar-refractivity contribution in [3.8, 4) is 0 Å². The quantitative estimate of drug-likeness (QED) is 0.652. The van der Waals surface area contributed by atoms with Gasteiger partial charge in [0.25, 0.3) is 0 Å². The van der Waals surface area contributed by atoms with E-state index < -0.39 is 33.7 Å². The number of halogens is 6. The van der Waals surface area contributed by atoms with E-state index in [-0.39, 0.29) is 12.2 Å². The van der Waals surface area contributed by atoms with Gasteiger partial charge in [0.2, 0.25) is 0 Å². The zero-order valence-electron chi connectivity index (χ0n) is 8.81. The van der Waals surface area contributed by atoms with Crippen molar-refractivity contribution in [2.24, 2.45) is 5.92 Å². The van der Waals surface area contributed by atoms with Crippen LogP contribution in [0.5, 0.6) is 0 Å². The molecule has 0 bridgehead atoms. The van der Waals surface area contributed by atoms with Crippen molar-refractivity contribution in [1.29, 1.82) is 0 Å². The number of hydrogen-bond donors (Lipinski definition) is 1. The van der Waals surface area contributed by atoms with Gasteiger partial charge in [-0.05, 0) is 17.7 Å². The highest BCUT2D eigenvalue weighted by atomic mass is 35.5. The third kappa shape index (κ3) is 2.19. The number of aliphatic hydroxyl groups excluding tert-OH is 1. The van der Waals surface area contributed by atoms with Crippen LogP contribution in [0.1, 0.15) is 17.0 Å². The summed E-state index contributed by atoms with van der Waals surface area (Å²) in [5.74, 6) is -2.50. The maximum Gasteiger partial charge on any atom is 0.419 e. The third-order valence-electron chi connectivity index (χ3n) is 3.05. The molecule has 2 rings (SSSR count). The Labute approximate surface area is 110 Å². The van der Waals surface area contributed by atoms with Gasteiger partial charge in [0.15, 0.2) is 0 Å². The molecule has 1 aliphatic carbocycles. The molecule has 1 aromatic rings. The zero-order valence-corrected chi connectivity index (χ0v) is 10.3. The minimum Gasteiger partial charge on any atom is -0.396 e. The average molecular weight is 303 g/mol. The molecule has 1 N–H and O–H groups in total. The van der Waals surface area contributed by atoms with E-state index in [4.69, 9.17) is 28.3 Å². The van der Waals surface area contributed by atoms with Crippen LogP contribution in [0.15, 0.2) is 18.2 Å². The van der Waals surface area contributed by atoms with E-state index in [1.807, 2.05) is 0 Å². The topological polar surface area (TPSA) is 20.2 Å². The Morgan fingerprint density at radius 1 is 1.28 bits per heavy atom. The predicted octanol–water partition coefficient (Wildman–Crippen LogP) is 3.72. The van der Waals surface area contributed by atoms with Crippen molar-refractivity contribution in [1.82, 2.24) is 0 Å². The van der Waals surface area contributed by atoms with Gasteiger partial charge < -0.3 is 5.11 Å². The number of alkyl halides is 5. The fraction of sp³-hybridized carbons (Fsp3) is 0.455. The Hall–Kier alpha value is -0.520. The average Bonchev–Trinajstić information content (AvgIpc) is 2.79. The molecular weight excluding hydrogens is 295 g/mol. The monoisotopic (exact) mass is 302 g/mol. The van der Waals surface area contributed by atoms with Crippen LogP contribution in [-0.2, 0) is 6.18 Å². The van der Waals surface area contributed by atoms with E-state index in [9.17, 15) is 17.6 Å². The maximum atomic E-state index is 13.1. The summed E-state index contributed by atoms with van der Waals surface area (Å²) in [5, 5.41) is 8.99. The van der Waals surface area contributed by atoms with Crippen LogP contribution in [0.3, 0.4) is 0 Å². The molecule has 2 unspecified atom stereocenters. The fourth-order valence-electron chi connectivity index (χ4n) is 2.03. The van der Waals surface area contributed by atoms with E-state index in [1.54, 1.807) is 0 Å². The SMILES string of the molecule is OCC1C(c2ccc(F)c(C(F)(F)F)c2)C1(Cl)Cl. The van der Waals surface area contributed by atoms with Gasteiger partial charge in [0.05, 0.1) is 5.56 Å². The molecule has 0 saturated heterocycles. The van der Waals surface area contributed by atoms with Crippen LogP contribution in [0.4, 0.5) is 17.6 Å². The van der Waals surface area contributed by atoms with Gasteiger partial charge in [-0.15, -0.1) is 23.2 Å². The molecule has 2 atom stereocenters. The van der Waals surface area contributed by atoms with Crippen LogP contribution < -0.4 is 0 Å². The largest absolute Gasteiger partial charge is 0.419 e. The van der Waals surface area contributed by atoms with Crippen molar-refractivity contribution in [2.45, 2.75) is 16.4 Å². The lowest BCUT2D eigenvalue weighted by atomic mass is 10.0. The number of aliphatic hydroxyl groups is 1. The lowest BCUT2D eigenvalue weighted by Gasteiger charge is -2.10. The summed E-state index contributed by atoms with van der Waals surface area (Å²) in [5.41, 5.74) is -1.18. The highest BCUT2D eigenvalue weighted by molar-refractivity contribution is 6.51. The Kier molecular flexibility index (Phi) is 3.28. The molecule has 1 fully saturated rings. The molecule has 0 heterocycles. The first-order chi connectivity index (χ1) is 8.19. The van der Waals surface area contributed by atoms with E-state index in [0.29, 0.717) is 6.07 Å². The van der Waals surface area contributed by atoms with Crippen molar-refractivity contribution in [3.63, 3.8) is 0 Å². The second-order valence-corrected chi connectivity index (χ2v) is 5.62. The lowest BCUT2D eigenvalue weighted by molar-refractivity contribution is -0.140. The van der Waals surface area contributed by atoms with Crippen molar-refractivity contribution in [3.05, 3.63) is 35.1 Å². The molecule has 1 aromatic carbocycles. The van der Waals surface area contributed by atoms with Crippen molar-refractivity contribution >= 4 is 23.2 Å². The van der Waals surface area contributed by atoms with Crippen LogP contribution in [0.25, 0.3) is 0 Å². The summed E-state index contributed by atoms with van der Waals surface area (Å²) in [6, 6.07) is 2.62. The maximum absolute atomic E-state index is 13.1. The normalized spacial score (nSPS) is 26.2. The standard InChI is InChI=1S/C11H8Cl2F4O/c12-10(13)7(4-18)9(10)5-1-2-8(14)6(3-5)11(15,16)17/h1-3,7,9,18H,4H2. The first-order valence-corrected chi connectivity index (χ1v) is 5.80. The van der Waals surface area contributed by atoms with E-state index in [2.05, 4.69) is 0 Å². The van der Waals surface area contributed by atoms with Crippen LogP contribution in [0, 0.1) is 11.7 Å². The minimum atomic E-state index is -4.77. The smallest absolute Gasteiger partial charge is 0.396 e. The van der Waals surface area contributed by atoms with Gasteiger partial charge in [0, 0.05) is 18.4 Å². The first kappa shape index (κ1) is 13.9. The van der Waals surface area contributed by atoms with Gasteiger partial charge in [-0.3, -0.25) is 0 Å². The number of benzene rings is 1. The molecule has 18 heavy (non-hydrogen) atoms. The molecule has 0 aromatic heterocycles. The van der Waals surface area contributed by atoms with Gasteiger partial charge in [-0.1, -0.05) is 6.07 Å². The molecule has 0 radical (unpaired) electrons. The van der Waals surface area contributed by atoms with Crippen molar-refractivity contribution in [2.75, 3.05) is 6.61 Å². The molecule has 1 aliphatic rings. The molecule has 0 spiro atoms. The molecule has 1 nitrogen and oxygen atoms in total.